The van der Waals surface area contributed by atoms with Crippen molar-refractivity contribution >= 4 is 10.0 Å². The van der Waals surface area contributed by atoms with Crippen molar-refractivity contribution in [3.05, 3.63) is 17.9 Å². The summed E-state index contributed by atoms with van der Waals surface area (Å²) in [6.45, 7) is 3.22. The second kappa shape index (κ2) is 9.09. The predicted molar refractivity (Wildman–Crippen MR) is 73.7 cm³/mol. The summed E-state index contributed by atoms with van der Waals surface area (Å²) in [6.07, 6.45) is 1.92. The van der Waals surface area contributed by atoms with Gasteiger partial charge in [-0.2, -0.15) is 0 Å². The number of methoxy groups -OCH3 is 1. The van der Waals surface area contributed by atoms with Crippen molar-refractivity contribution in [1.29, 1.82) is 0 Å². The van der Waals surface area contributed by atoms with Gasteiger partial charge in [0.1, 0.15) is 5.76 Å². The first-order chi connectivity index (χ1) is 9.54. The molecule has 116 valence electrons. The van der Waals surface area contributed by atoms with Crippen LogP contribution in [0.2, 0.25) is 0 Å². The van der Waals surface area contributed by atoms with Crippen LogP contribution in [0, 0.1) is 0 Å². The minimum absolute atomic E-state index is 0.208. The number of nitrogens with one attached hydrogen (secondary N) is 1. The molecule has 0 amide bonds. The lowest BCUT2D eigenvalue weighted by Gasteiger charge is -2.04. The van der Waals surface area contributed by atoms with E-state index in [4.69, 9.17) is 19.0 Å². The number of unbranched alkanes of at least 4 members (excludes halogenated alkanes) is 1. The maximum absolute atomic E-state index is 11.0. The number of hydrogen-bond acceptors (Lipinski definition) is 6. The second-order valence-electron chi connectivity index (χ2n) is 4.25. The van der Waals surface area contributed by atoms with Gasteiger partial charge in [0, 0.05) is 13.7 Å². The Balaban J connectivity index is 2.06. The van der Waals surface area contributed by atoms with Crippen molar-refractivity contribution in [2.75, 3.05) is 33.5 Å². The topological polar surface area (TPSA) is 104 Å². The molecule has 0 atom stereocenters. The van der Waals surface area contributed by atoms with Crippen molar-refractivity contribution in [2.24, 2.45) is 5.14 Å². The molecular formula is C12H22N2O5S. The number of ether oxygens (including phenoxy) is 2. The molecule has 1 aromatic heterocycles. The van der Waals surface area contributed by atoms with Crippen LogP contribution in [0.4, 0.5) is 0 Å². The van der Waals surface area contributed by atoms with E-state index in [0.29, 0.717) is 32.1 Å². The van der Waals surface area contributed by atoms with Crippen LogP contribution in [0.5, 0.6) is 0 Å². The summed E-state index contributed by atoms with van der Waals surface area (Å²) in [5.41, 5.74) is 0. The standard InChI is InChI=1S/C12H22N2O5S/c1-17-8-9-18-7-3-2-6-14-10-11-4-5-12(19-11)20(13,15)16/h4-5,14H,2-3,6-10H2,1H3,(H2,13,15,16). The highest BCUT2D eigenvalue weighted by atomic mass is 32.2. The fourth-order valence-corrected chi connectivity index (χ4v) is 2.00. The molecule has 1 aromatic rings. The molecule has 0 saturated heterocycles. The fourth-order valence-electron chi connectivity index (χ4n) is 1.52. The van der Waals surface area contributed by atoms with E-state index >= 15 is 0 Å². The lowest BCUT2D eigenvalue weighted by atomic mass is 10.3. The average Bonchev–Trinajstić information content (AvgIpc) is 2.85. The zero-order chi connectivity index (χ0) is 14.8. The Hall–Kier alpha value is -0.930. The number of furan rings is 1. The minimum Gasteiger partial charge on any atom is -0.447 e. The van der Waals surface area contributed by atoms with Crippen molar-refractivity contribution in [3.63, 3.8) is 0 Å². The minimum atomic E-state index is -3.75. The zero-order valence-corrected chi connectivity index (χ0v) is 12.4. The molecule has 0 bridgehead atoms. The summed E-state index contributed by atoms with van der Waals surface area (Å²) >= 11 is 0. The maximum atomic E-state index is 11.0. The third kappa shape index (κ3) is 7.01. The van der Waals surface area contributed by atoms with Crippen molar-refractivity contribution < 1.29 is 22.3 Å². The summed E-state index contributed by atoms with van der Waals surface area (Å²) in [6, 6.07) is 2.95. The third-order valence-electron chi connectivity index (χ3n) is 2.54. The Bertz CT molecular complexity index is 472. The van der Waals surface area contributed by atoms with E-state index in [0.717, 1.165) is 19.4 Å². The van der Waals surface area contributed by atoms with Gasteiger partial charge in [-0.25, -0.2) is 13.6 Å². The Morgan fingerprint density at radius 3 is 2.70 bits per heavy atom. The number of nitrogens with two attached hydrogens (primary N) is 1. The van der Waals surface area contributed by atoms with E-state index in [9.17, 15) is 8.42 Å². The molecule has 0 spiro atoms. The molecule has 0 radical (unpaired) electrons. The van der Waals surface area contributed by atoms with Crippen LogP contribution in [0.15, 0.2) is 21.6 Å². The smallest absolute Gasteiger partial charge is 0.271 e. The molecule has 0 aromatic carbocycles. The Morgan fingerprint density at radius 2 is 2.05 bits per heavy atom. The van der Waals surface area contributed by atoms with E-state index in [1.165, 1.54) is 6.07 Å². The van der Waals surface area contributed by atoms with Crippen molar-refractivity contribution in [1.82, 2.24) is 5.32 Å². The van der Waals surface area contributed by atoms with Gasteiger partial charge in [0.25, 0.3) is 10.0 Å². The number of sulfonamides is 1. The first-order valence-corrected chi connectivity index (χ1v) is 7.97. The van der Waals surface area contributed by atoms with Gasteiger partial charge in [-0.05, 0) is 31.5 Å². The number of rotatable bonds is 11. The molecule has 0 fully saturated rings. The summed E-state index contributed by atoms with van der Waals surface area (Å²) < 4.78 is 37.3. The maximum Gasteiger partial charge on any atom is 0.271 e. The molecule has 0 aliphatic rings. The highest BCUT2D eigenvalue weighted by Crippen LogP contribution is 2.11. The van der Waals surface area contributed by atoms with E-state index in [2.05, 4.69) is 5.32 Å². The van der Waals surface area contributed by atoms with Gasteiger partial charge in [0.05, 0.1) is 19.8 Å². The molecule has 0 aliphatic heterocycles. The molecule has 3 N–H and O–H groups in total. The van der Waals surface area contributed by atoms with E-state index in [-0.39, 0.29) is 5.09 Å². The molecule has 0 unspecified atom stereocenters. The summed E-state index contributed by atoms with van der Waals surface area (Å²) in [5, 5.41) is 7.90. The van der Waals surface area contributed by atoms with Gasteiger partial charge in [-0.1, -0.05) is 0 Å². The summed E-state index contributed by atoms with van der Waals surface area (Å²) in [5.74, 6) is 0.547. The van der Waals surface area contributed by atoms with Crippen LogP contribution in [0.25, 0.3) is 0 Å². The monoisotopic (exact) mass is 306 g/mol. The second-order valence-corrected chi connectivity index (χ2v) is 5.75. The lowest BCUT2D eigenvalue weighted by molar-refractivity contribution is 0.0688. The lowest BCUT2D eigenvalue weighted by Crippen LogP contribution is -2.15. The van der Waals surface area contributed by atoms with Gasteiger partial charge < -0.3 is 19.2 Å². The van der Waals surface area contributed by atoms with E-state index in [1.807, 2.05) is 0 Å². The molecule has 20 heavy (non-hydrogen) atoms. The SMILES string of the molecule is COCCOCCCCNCc1ccc(S(N)(=O)=O)o1. The van der Waals surface area contributed by atoms with Crippen LogP contribution in [0.3, 0.4) is 0 Å². The summed E-state index contributed by atoms with van der Waals surface area (Å²) in [7, 11) is -2.11. The molecule has 1 rings (SSSR count). The van der Waals surface area contributed by atoms with Gasteiger partial charge in [-0.15, -0.1) is 0 Å². The van der Waals surface area contributed by atoms with Gasteiger partial charge in [0.2, 0.25) is 5.09 Å². The normalized spacial score (nSPS) is 11.9. The molecule has 0 aliphatic carbocycles. The van der Waals surface area contributed by atoms with E-state index < -0.39 is 10.0 Å². The Morgan fingerprint density at radius 1 is 1.25 bits per heavy atom. The van der Waals surface area contributed by atoms with Gasteiger partial charge >= 0.3 is 0 Å². The van der Waals surface area contributed by atoms with Crippen LogP contribution in [-0.2, 0) is 26.0 Å². The van der Waals surface area contributed by atoms with E-state index in [1.54, 1.807) is 13.2 Å². The molecular weight excluding hydrogens is 284 g/mol. The summed E-state index contributed by atoms with van der Waals surface area (Å²) in [4.78, 5) is 0. The number of hydrogen-bond donors (Lipinski definition) is 2. The predicted octanol–water partition coefficient (Wildman–Crippen LogP) is 0.460. The van der Waals surface area contributed by atoms with Crippen molar-refractivity contribution in [3.8, 4) is 0 Å². The van der Waals surface area contributed by atoms with Crippen LogP contribution in [-0.4, -0.2) is 41.9 Å². The average molecular weight is 306 g/mol. The largest absolute Gasteiger partial charge is 0.447 e. The molecule has 7 nitrogen and oxygen atoms in total. The highest BCUT2D eigenvalue weighted by molar-refractivity contribution is 7.89. The van der Waals surface area contributed by atoms with Crippen LogP contribution in [0.1, 0.15) is 18.6 Å². The Kier molecular flexibility index (Phi) is 7.78. The Labute approximate surface area is 119 Å². The number of primary sulfonamides is 1. The molecule has 8 heteroatoms. The molecule has 0 saturated carbocycles. The zero-order valence-electron chi connectivity index (χ0n) is 11.6. The molecule has 1 heterocycles. The first kappa shape index (κ1) is 17.1. The quantitative estimate of drug-likeness (QED) is 0.576. The first-order valence-electron chi connectivity index (χ1n) is 6.43. The highest BCUT2D eigenvalue weighted by Gasteiger charge is 2.12. The van der Waals surface area contributed by atoms with Crippen molar-refractivity contribution in [2.45, 2.75) is 24.5 Å². The van der Waals surface area contributed by atoms with Crippen LogP contribution >= 0.6 is 0 Å². The van der Waals surface area contributed by atoms with Gasteiger partial charge in [-0.3, -0.25) is 0 Å². The third-order valence-corrected chi connectivity index (χ3v) is 3.32. The van der Waals surface area contributed by atoms with Crippen LogP contribution < -0.4 is 10.5 Å². The fraction of sp³-hybridized carbons (Fsp3) is 0.667. The van der Waals surface area contributed by atoms with Gasteiger partial charge in [0.15, 0.2) is 0 Å².